The normalized spacial score (nSPS) is 11.0. The van der Waals surface area contributed by atoms with Gasteiger partial charge in [-0.2, -0.15) is 5.26 Å². The van der Waals surface area contributed by atoms with Gasteiger partial charge in [0, 0.05) is 17.3 Å². The second kappa shape index (κ2) is 8.02. The molecule has 0 aliphatic carbocycles. The van der Waals surface area contributed by atoms with Gasteiger partial charge in [-0.1, -0.05) is 0 Å². The number of carbonyl (C=O) groups excluding carboxylic acids is 2. The monoisotopic (exact) mass is 393 g/mol. The number of nitrogens with one attached hydrogen (secondary N) is 1. The molecule has 148 valence electrons. The summed E-state index contributed by atoms with van der Waals surface area (Å²) in [6.07, 6.45) is 1.38. The van der Waals surface area contributed by atoms with Crippen molar-refractivity contribution in [2.24, 2.45) is 0 Å². The first-order valence-electron chi connectivity index (χ1n) is 8.79. The van der Waals surface area contributed by atoms with E-state index in [1.54, 1.807) is 51.1 Å². The van der Waals surface area contributed by atoms with Crippen LogP contribution in [-0.2, 0) is 9.53 Å². The number of aromatic nitrogens is 1. The Morgan fingerprint density at radius 3 is 2.59 bits per heavy atom. The first-order chi connectivity index (χ1) is 13.7. The highest BCUT2D eigenvalue weighted by atomic mass is 16.6. The number of amides is 1. The average Bonchev–Trinajstić information content (AvgIpc) is 3.09. The molecule has 0 atom stereocenters. The first kappa shape index (κ1) is 19.9. The maximum atomic E-state index is 12.4. The van der Waals surface area contributed by atoms with Crippen LogP contribution in [0.2, 0.25) is 0 Å². The Morgan fingerprint density at radius 2 is 1.93 bits per heavy atom. The van der Waals surface area contributed by atoms with Crippen molar-refractivity contribution in [2.45, 2.75) is 26.4 Å². The summed E-state index contributed by atoms with van der Waals surface area (Å²) in [6.45, 7) is 5.13. The average molecular weight is 393 g/mol. The van der Waals surface area contributed by atoms with Crippen LogP contribution in [0.1, 0.15) is 36.9 Å². The molecular formula is C21H19N3O5. The summed E-state index contributed by atoms with van der Waals surface area (Å²) in [6, 6.07) is 11.6. The standard InChI is InChI=1S/C21H19N3O5/c1-21(2,3)29-18(25)12-27-16-6-4-15(5-7-16)24-19(26)17-9-14-8-13(10-22)11-23-20(14)28-17/h4-9,11H,12H2,1-3H3,(H,24,26). The Morgan fingerprint density at radius 1 is 1.21 bits per heavy atom. The fourth-order valence-corrected chi connectivity index (χ4v) is 2.45. The van der Waals surface area contributed by atoms with Crippen LogP contribution in [0.15, 0.2) is 47.0 Å². The molecule has 29 heavy (non-hydrogen) atoms. The molecule has 8 heteroatoms. The zero-order valence-corrected chi connectivity index (χ0v) is 16.2. The molecule has 3 aromatic rings. The number of furan rings is 1. The molecule has 3 rings (SSSR count). The summed E-state index contributed by atoms with van der Waals surface area (Å²) >= 11 is 0. The van der Waals surface area contributed by atoms with Crippen molar-refractivity contribution in [1.82, 2.24) is 4.98 Å². The molecule has 2 aromatic heterocycles. The van der Waals surface area contributed by atoms with Gasteiger partial charge in [0.25, 0.3) is 5.91 Å². The lowest BCUT2D eigenvalue weighted by atomic mass is 10.2. The molecular weight excluding hydrogens is 374 g/mol. The lowest BCUT2D eigenvalue weighted by Gasteiger charge is -2.19. The topological polar surface area (TPSA) is 114 Å². The fraction of sp³-hybridized carbons (Fsp3) is 0.238. The number of anilines is 1. The van der Waals surface area contributed by atoms with Crippen molar-refractivity contribution < 1.29 is 23.5 Å². The summed E-state index contributed by atoms with van der Waals surface area (Å²) in [7, 11) is 0. The van der Waals surface area contributed by atoms with Gasteiger partial charge in [0.15, 0.2) is 12.4 Å². The molecule has 0 fully saturated rings. The molecule has 0 saturated carbocycles. The highest BCUT2D eigenvalue weighted by Crippen LogP contribution is 2.21. The summed E-state index contributed by atoms with van der Waals surface area (Å²) in [4.78, 5) is 28.1. The third-order valence-corrected chi connectivity index (χ3v) is 3.61. The summed E-state index contributed by atoms with van der Waals surface area (Å²) < 4.78 is 16.0. The lowest BCUT2D eigenvalue weighted by molar-refractivity contribution is -0.157. The van der Waals surface area contributed by atoms with E-state index in [-0.39, 0.29) is 18.1 Å². The molecule has 0 aliphatic heterocycles. The second-order valence-corrected chi connectivity index (χ2v) is 7.19. The van der Waals surface area contributed by atoms with E-state index in [2.05, 4.69) is 10.3 Å². The van der Waals surface area contributed by atoms with Crippen LogP contribution in [0, 0.1) is 11.3 Å². The number of rotatable bonds is 5. The molecule has 0 saturated heterocycles. The van der Waals surface area contributed by atoms with E-state index in [4.69, 9.17) is 19.2 Å². The quantitative estimate of drug-likeness (QED) is 0.658. The van der Waals surface area contributed by atoms with Gasteiger partial charge in [0.05, 0.1) is 5.56 Å². The number of pyridine rings is 1. The maximum Gasteiger partial charge on any atom is 0.344 e. The number of esters is 1. The number of ether oxygens (including phenoxy) is 2. The van der Waals surface area contributed by atoms with Crippen LogP contribution in [0.4, 0.5) is 5.69 Å². The number of fused-ring (bicyclic) bond motifs is 1. The third-order valence-electron chi connectivity index (χ3n) is 3.61. The number of benzene rings is 1. The van der Waals surface area contributed by atoms with E-state index in [0.29, 0.717) is 22.4 Å². The summed E-state index contributed by atoms with van der Waals surface area (Å²) in [5.74, 6) is -0.379. The zero-order chi connectivity index (χ0) is 21.0. The van der Waals surface area contributed by atoms with Gasteiger partial charge in [0.1, 0.15) is 17.4 Å². The van der Waals surface area contributed by atoms with Gasteiger partial charge >= 0.3 is 5.97 Å². The molecule has 1 aromatic carbocycles. The Balaban J connectivity index is 1.60. The van der Waals surface area contributed by atoms with Crippen molar-refractivity contribution >= 4 is 28.7 Å². The molecule has 0 radical (unpaired) electrons. The third kappa shape index (κ3) is 5.32. The fourth-order valence-electron chi connectivity index (χ4n) is 2.45. The van der Waals surface area contributed by atoms with Crippen molar-refractivity contribution in [1.29, 1.82) is 5.26 Å². The smallest absolute Gasteiger partial charge is 0.344 e. The van der Waals surface area contributed by atoms with Crippen LogP contribution in [0.5, 0.6) is 5.75 Å². The highest BCUT2D eigenvalue weighted by molar-refractivity contribution is 6.04. The van der Waals surface area contributed by atoms with Gasteiger partial charge < -0.3 is 19.2 Å². The van der Waals surface area contributed by atoms with Gasteiger partial charge in [-0.15, -0.1) is 0 Å². The van der Waals surface area contributed by atoms with E-state index in [9.17, 15) is 9.59 Å². The Hall–Kier alpha value is -3.86. The van der Waals surface area contributed by atoms with Crippen molar-refractivity contribution in [3.8, 4) is 11.8 Å². The van der Waals surface area contributed by atoms with Crippen LogP contribution >= 0.6 is 0 Å². The molecule has 0 bridgehead atoms. The predicted molar refractivity (Wildman–Crippen MR) is 104 cm³/mol. The molecule has 2 heterocycles. The van der Waals surface area contributed by atoms with Crippen molar-refractivity contribution in [3.63, 3.8) is 0 Å². The Labute approximate surface area is 167 Å². The molecule has 8 nitrogen and oxygen atoms in total. The van der Waals surface area contributed by atoms with E-state index in [1.165, 1.54) is 12.3 Å². The minimum absolute atomic E-state index is 0.0767. The SMILES string of the molecule is CC(C)(C)OC(=O)COc1ccc(NC(=O)c2cc3cc(C#N)cnc3o2)cc1. The van der Waals surface area contributed by atoms with Gasteiger partial charge in [-0.25, -0.2) is 9.78 Å². The van der Waals surface area contributed by atoms with Crippen LogP contribution in [0.3, 0.4) is 0 Å². The van der Waals surface area contributed by atoms with Crippen LogP contribution < -0.4 is 10.1 Å². The minimum atomic E-state index is -0.572. The second-order valence-electron chi connectivity index (χ2n) is 7.19. The number of hydrogen-bond donors (Lipinski definition) is 1. The van der Waals surface area contributed by atoms with Gasteiger partial charge in [-0.3, -0.25) is 4.79 Å². The summed E-state index contributed by atoms with van der Waals surface area (Å²) in [5.41, 5.74) is 0.606. The number of nitrogens with zero attached hydrogens (tertiary/aromatic N) is 2. The van der Waals surface area contributed by atoms with E-state index < -0.39 is 17.5 Å². The zero-order valence-electron chi connectivity index (χ0n) is 16.2. The highest BCUT2D eigenvalue weighted by Gasteiger charge is 2.17. The summed E-state index contributed by atoms with van der Waals surface area (Å²) in [5, 5.41) is 12.2. The van der Waals surface area contributed by atoms with Gasteiger partial charge in [-0.05, 0) is 57.2 Å². The van der Waals surface area contributed by atoms with Crippen LogP contribution in [-0.4, -0.2) is 29.1 Å². The number of hydrogen-bond acceptors (Lipinski definition) is 7. The van der Waals surface area contributed by atoms with Crippen molar-refractivity contribution in [3.05, 3.63) is 53.9 Å². The maximum absolute atomic E-state index is 12.4. The largest absolute Gasteiger partial charge is 0.482 e. The Kier molecular flexibility index (Phi) is 5.50. The van der Waals surface area contributed by atoms with Crippen LogP contribution in [0.25, 0.3) is 11.1 Å². The molecule has 1 amide bonds. The first-order valence-corrected chi connectivity index (χ1v) is 8.79. The van der Waals surface area contributed by atoms with E-state index in [0.717, 1.165) is 0 Å². The van der Waals surface area contributed by atoms with E-state index in [1.807, 2.05) is 6.07 Å². The van der Waals surface area contributed by atoms with Gasteiger partial charge in [0.2, 0.25) is 5.71 Å². The number of carbonyl (C=O) groups is 2. The molecule has 1 N–H and O–H groups in total. The van der Waals surface area contributed by atoms with E-state index >= 15 is 0 Å². The molecule has 0 unspecified atom stereocenters. The minimum Gasteiger partial charge on any atom is -0.482 e. The predicted octanol–water partition coefficient (Wildman–Crippen LogP) is 3.67. The molecule has 0 aliphatic rings. The Bertz CT molecular complexity index is 1090. The lowest BCUT2D eigenvalue weighted by Crippen LogP contribution is -2.27. The van der Waals surface area contributed by atoms with Crippen molar-refractivity contribution in [2.75, 3.05) is 11.9 Å². The number of nitriles is 1. The molecule has 0 spiro atoms.